The van der Waals surface area contributed by atoms with E-state index >= 15 is 0 Å². The van der Waals surface area contributed by atoms with E-state index in [0.717, 1.165) is 32.7 Å². The van der Waals surface area contributed by atoms with Gasteiger partial charge in [0.2, 0.25) is 11.8 Å². The Morgan fingerprint density at radius 1 is 1.28 bits per heavy atom. The monoisotopic (exact) mass is 403 g/mol. The van der Waals surface area contributed by atoms with Crippen LogP contribution in [0.4, 0.5) is 4.39 Å². The molecule has 1 aromatic carbocycles. The summed E-state index contributed by atoms with van der Waals surface area (Å²) in [6.07, 6.45) is 2.93. The molecular formula is C21H26FN3O4. The second kappa shape index (κ2) is 9.45. The minimum atomic E-state index is -0.327. The molecule has 7 nitrogen and oxygen atoms in total. The van der Waals surface area contributed by atoms with Crippen molar-refractivity contribution in [1.29, 1.82) is 0 Å². The number of ether oxygens (including phenoxy) is 2. The zero-order chi connectivity index (χ0) is 20.1. The van der Waals surface area contributed by atoms with Gasteiger partial charge in [-0.25, -0.2) is 4.39 Å². The van der Waals surface area contributed by atoms with Crippen LogP contribution < -0.4 is 0 Å². The summed E-state index contributed by atoms with van der Waals surface area (Å²) in [6, 6.07) is 6.14. The van der Waals surface area contributed by atoms with E-state index < -0.39 is 0 Å². The molecule has 2 aliphatic heterocycles. The van der Waals surface area contributed by atoms with Gasteiger partial charge in [0.25, 0.3) is 0 Å². The lowest BCUT2D eigenvalue weighted by Gasteiger charge is -2.37. The summed E-state index contributed by atoms with van der Waals surface area (Å²) in [7, 11) is 0. The third-order valence-electron chi connectivity index (χ3n) is 5.48. The summed E-state index contributed by atoms with van der Waals surface area (Å²) in [5.74, 6) is 1.50. The number of carbonyl (C=O) groups excluding carboxylic acids is 1. The van der Waals surface area contributed by atoms with Crippen LogP contribution in [0.25, 0.3) is 0 Å². The molecule has 0 radical (unpaired) electrons. The number of carbonyl (C=O) groups is 1. The first-order valence-corrected chi connectivity index (χ1v) is 10.2. The van der Waals surface area contributed by atoms with Crippen molar-refractivity contribution in [1.82, 2.24) is 15.0 Å². The summed E-state index contributed by atoms with van der Waals surface area (Å²) in [6.45, 7) is 4.07. The molecule has 156 valence electrons. The zero-order valence-electron chi connectivity index (χ0n) is 16.4. The lowest BCUT2D eigenvalue weighted by molar-refractivity contribution is -0.135. The van der Waals surface area contributed by atoms with E-state index in [2.05, 4.69) is 10.1 Å². The molecule has 1 aromatic heterocycles. The van der Waals surface area contributed by atoms with Crippen molar-refractivity contribution in [3.8, 4) is 0 Å². The predicted molar refractivity (Wildman–Crippen MR) is 102 cm³/mol. The third kappa shape index (κ3) is 5.39. The fraction of sp³-hybridized carbons (Fsp3) is 0.571. The Hall–Kier alpha value is -2.32. The molecular weight excluding hydrogens is 377 g/mol. The van der Waals surface area contributed by atoms with Gasteiger partial charge in [0.15, 0.2) is 5.82 Å². The summed E-state index contributed by atoms with van der Waals surface area (Å²) in [5, 5.41) is 4.02. The molecule has 0 aliphatic carbocycles. The van der Waals surface area contributed by atoms with Gasteiger partial charge in [-0.2, -0.15) is 4.98 Å². The highest BCUT2D eigenvalue weighted by Crippen LogP contribution is 2.26. The standard InChI is InChI=1S/C21H26FN3O4/c22-18-3-1-2-16(10-18)11-20(26)25-12-17(13-25)21-23-19(24-29-21)6-9-28-14-15-4-7-27-8-5-15/h1-3,10,15,17H,4-9,11-14H2. The van der Waals surface area contributed by atoms with E-state index in [-0.39, 0.29) is 24.1 Å². The second-order valence-corrected chi connectivity index (χ2v) is 7.73. The van der Waals surface area contributed by atoms with Crippen molar-refractivity contribution < 1.29 is 23.2 Å². The van der Waals surface area contributed by atoms with Crippen LogP contribution in [-0.2, 0) is 27.1 Å². The van der Waals surface area contributed by atoms with Gasteiger partial charge in [-0.3, -0.25) is 4.79 Å². The van der Waals surface area contributed by atoms with Crippen molar-refractivity contribution in [2.24, 2.45) is 5.92 Å². The topological polar surface area (TPSA) is 77.7 Å². The summed E-state index contributed by atoms with van der Waals surface area (Å²) in [4.78, 5) is 18.5. The van der Waals surface area contributed by atoms with Crippen LogP contribution >= 0.6 is 0 Å². The van der Waals surface area contributed by atoms with Gasteiger partial charge in [-0.05, 0) is 36.5 Å². The van der Waals surface area contributed by atoms with Gasteiger partial charge in [0.1, 0.15) is 5.82 Å². The van der Waals surface area contributed by atoms with Crippen molar-refractivity contribution in [2.75, 3.05) is 39.5 Å². The molecule has 2 saturated heterocycles. The molecule has 1 amide bonds. The van der Waals surface area contributed by atoms with Crippen molar-refractivity contribution in [3.63, 3.8) is 0 Å². The molecule has 0 N–H and O–H groups in total. The Balaban J connectivity index is 1.16. The Bertz CT molecular complexity index is 816. The number of benzene rings is 1. The quantitative estimate of drug-likeness (QED) is 0.630. The van der Waals surface area contributed by atoms with Crippen LogP contribution in [0.2, 0.25) is 0 Å². The number of halogens is 1. The van der Waals surface area contributed by atoms with Crippen LogP contribution in [0.15, 0.2) is 28.8 Å². The van der Waals surface area contributed by atoms with Gasteiger partial charge in [-0.15, -0.1) is 0 Å². The van der Waals surface area contributed by atoms with Gasteiger partial charge >= 0.3 is 0 Å². The number of hydrogen-bond acceptors (Lipinski definition) is 6. The molecule has 3 heterocycles. The Labute approximate surface area is 169 Å². The van der Waals surface area contributed by atoms with Crippen LogP contribution in [-0.4, -0.2) is 60.5 Å². The summed E-state index contributed by atoms with van der Waals surface area (Å²) in [5.41, 5.74) is 0.680. The van der Waals surface area contributed by atoms with E-state index in [1.165, 1.54) is 12.1 Å². The predicted octanol–water partition coefficient (Wildman–Crippen LogP) is 2.36. The molecule has 0 atom stereocenters. The number of likely N-dealkylation sites (tertiary alicyclic amines) is 1. The van der Waals surface area contributed by atoms with Gasteiger partial charge in [-0.1, -0.05) is 17.3 Å². The average molecular weight is 403 g/mol. The van der Waals surface area contributed by atoms with Crippen LogP contribution in [0, 0.1) is 11.7 Å². The molecule has 0 spiro atoms. The Morgan fingerprint density at radius 3 is 2.90 bits per heavy atom. The average Bonchev–Trinajstić information content (AvgIpc) is 3.13. The number of hydrogen-bond donors (Lipinski definition) is 0. The Morgan fingerprint density at radius 2 is 2.10 bits per heavy atom. The van der Waals surface area contributed by atoms with Gasteiger partial charge < -0.3 is 18.9 Å². The van der Waals surface area contributed by atoms with Crippen LogP contribution in [0.1, 0.15) is 36.0 Å². The minimum absolute atomic E-state index is 0.0203. The minimum Gasteiger partial charge on any atom is -0.381 e. The molecule has 0 unspecified atom stereocenters. The number of nitrogens with zero attached hydrogens (tertiary/aromatic N) is 3. The fourth-order valence-corrected chi connectivity index (χ4v) is 3.63. The highest BCUT2D eigenvalue weighted by atomic mass is 19.1. The molecule has 2 aliphatic rings. The fourth-order valence-electron chi connectivity index (χ4n) is 3.63. The van der Waals surface area contributed by atoms with E-state index in [9.17, 15) is 9.18 Å². The van der Waals surface area contributed by atoms with E-state index in [1.807, 2.05) is 0 Å². The molecule has 2 fully saturated rings. The lowest BCUT2D eigenvalue weighted by Crippen LogP contribution is -2.49. The normalized spacial score (nSPS) is 18.0. The molecule has 2 aromatic rings. The summed E-state index contributed by atoms with van der Waals surface area (Å²) < 4.78 is 29.7. The zero-order valence-corrected chi connectivity index (χ0v) is 16.4. The Kier molecular flexibility index (Phi) is 6.51. The number of aromatic nitrogens is 2. The molecule has 4 rings (SSSR count). The summed E-state index contributed by atoms with van der Waals surface area (Å²) >= 11 is 0. The van der Waals surface area contributed by atoms with Crippen molar-refractivity contribution in [3.05, 3.63) is 47.4 Å². The number of rotatable bonds is 8. The van der Waals surface area contributed by atoms with E-state index in [0.29, 0.717) is 49.3 Å². The second-order valence-electron chi connectivity index (χ2n) is 7.73. The smallest absolute Gasteiger partial charge is 0.233 e. The SMILES string of the molecule is O=C(Cc1cccc(F)c1)N1CC(c2nc(CCOCC3CCOCC3)no2)C1. The highest BCUT2D eigenvalue weighted by molar-refractivity contribution is 5.79. The first-order valence-electron chi connectivity index (χ1n) is 10.2. The molecule has 0 saturated carbocycles. The van der Waals surface area contributed by atoms with Crippen LogP contribution in [0.3, 0.4) is 0 Å². The number of amides is 1. The maximum absolute atomic E-state index is 13.2. The molecule has 8 heteroatoms. The molecule has 0 bridgehead atoms. The lowest BCUT2D eigenvalue weighted by atomic mass is 9.99. The first-order chi connectivity index (χ1) is 14.2. The maximum atomic E-state index is 13.2. The molecule has 29 heavy (non-hydrogen) atoms. The van der Waals surface area contributed by atoms with Crippen LogP contribution in [0.5, 0.6) is 0 Å². The van der Waals surface area contributed by atoms with E-state index in [4.69, 9.17) is 14.0 Å². The van der Waals surface area contributed by atoms with Gasteiger partial charge in [0.05, 0.1) is 18.9 Å². The van der Waals surface area contributed by atoms with E-state index in [1.54, 1.807) is 17.0 Å². The van der Waals surface area contributed by atoms with Crippen molar-refractivity contribution >= 4 is 5.91 Å². The maximum Gasteiger partial charge on any atom is 0.233 e. The van der Waals surface area contributed by atoms with Crippen molar-refractivity contribution in [2.45, 2.75) is 31.6 Å². The highest BCUT2D eigenvalue weighted by Gasteiger charge is 2.35. The third-order valence-corrected chi connectivity index (χ3v) is 5.48. The van der Waals surface area contributed by atoms with Gasteiger partial charge in [0, 0.05) is 39.3 Å². The first kappa shape index (κ1) is 20.0. The largest absolute Gasteiger partial charge is 0.381 e.